The number of hydrogen-bond donors (Lipinski definition) is 2. The summed E-state index contributed by atoms with van der Waals surface area (Å²) >= 11 is 0. The summed E-state index contributed by atoms with van der Waals surface area (Å²) in [6, 6.07) is 12.4. The van der Waals surface area contributed by atoms with Gasteiger partial charge in [-0.2, -0.15) is 0 Å². The first-order valence-corrected chi connectivity index (χ1v) is 8.77. The van der Waals surface area contributed by atoms with E-state index < -0.39 is 0 Å². The van der Waals surface area contributed by atoms with Gasteiger partial charge in [0.05, 0.1) is 19.9 Å². The lowest BCUT2D eigenvalue weighted by atomic mass is 10.2. The van der Waals surface area contributed by atoms with Crippen molar-refractivity contribution in [3.8, 4) is 11.5 Å². The monoisotopic (exact) mass is 369 g/mol. The van der Waals surface area contributed by atoms with Crippen LogP contribution in [0.5, 0.6) is 11.5 Å². The second kappa shape index (κ2) is 8.44. The summed E-state index contributed by atoms with van der Waals surface area (Å²) in [6.45, 7) is 1.06. The minimum absolute atomic E-state index is 0.0880. The highest BCUT2D eigenvalue weighted by atomic mass is 16.5. The fourth-order valence-corrected chi connectivity index (χ4v) is 3.02. The minimum Gasteiger partial charge on any atom is -0.497 e. The van der Waals surface area contributed by atoms with E-state index in [9.17, 15) is 9.59 Å². The molecule has 2 N–H and O–H groups in total. The molecule has 0 aromatic heterocycles. The summed E-state index contributed by atoms with van der Waals surface area (Å²) in [5.41, 5.74) is 2.25. The molecule has 7 heteroatoms. The van der Waals surface area contributed by atoms with Gasteiger partial charge in [-0.25, -0.2) is 4.79 Å². The van der Waals surface area contributed by atoms with E-state index in [0.29, 0.717) is 30.9 Å². The van der Waals surface area contributed by atoms with Crippen LogP contribution in [0.2, 0.25) is 0 Å². The van der Waals surface area contributed by atoms with Crippen LogP contribution in [0.25, 0.3) is 0 Å². The third kappa shape index (κ3) is 4.49. The second-order valence-electron chi connectivity index (χ2n) is 6.19. The number of nitrogens with one attached hydrogen (secondary N) is 2. The number of carbonyl (C=O) groups is 2. The van der Waals surface area contributed by atoms with Crippen molar-refractivity contribution in [1.29, 1.82) is 0 Å². The first-order valence-electron chi connectivity index (χ1n) is 8.77. The number of urea groups is 1. The van der Waals surface area contributed by atoms with Crippen molar-refractivity contribution in [3.05, 3.63) is 48.0 Å². The molecule has 0 saturated carbocycles. The molecule has 0 aliphatic carbocycles. The van der Waals surface area contributed by atoms with Gasteiger partial charge in [0.15, 0.2) is 0 Å². The Morgan fingerprint density at radius 3 is 2.70 bits per heavy atom. The summed E-state index contributed by atoms with van der Waals surface area (Å²) < 4.78 is 10.6. The van der Waals surface area contributed by atoms with Gasteiger partial charge in [0.1, 0.15) is 11.5 Å². The van der Waals surface area contributed by atoms with Crippen LogP contribution in [0, 0.1) is 0 Å². The fourth-order valence-electron chi connectivity index (χ4n) is 3.02. The number of ether oxygens (including phenoxy) is 2. The third-order valence-electron chi connectivity index (χ3n) is 4.39. The van der Waals surface area contributed by atoms with Crippen molar-refractivity contribution in [1.82, 2.24) is 5.32 Å². The molecule has 1 heterocycles. The Morgan fingerprint density at radius 2 is 2.00 bits per heavy atom. The van der Waals surface area contributed by atoms with Crippen molar-refractivity contribution >= 4 is 23.3 Å². The van der Waals surface area contributed by atoms with Gasteiger partial charge in [-0.15, -0.1) is 0 Å². The third-order valence-corrected chi connectivity index (χ3v) is 4.39. The Hall–Kier alpha value is -3.22. The molecule has 0 spiro atoms. The van der Waals surface area contributed by atoms with E-state index in [1.54, 1.807) is 37.3 Å². The molecule has 2 aromatic rings. The van der Waals surface area contributed by atoms with Crippen LogP contribution in [0.3, 0.4) is 0 Å². The Morgan fingerprint density at radius 1 is 1.15 bits per heavy atom. The van der Waals surface area contributed by atoms with Crippen molar-refractivity contribution < 1.29 is 19.1 Å². The highest BCUT2D eigenvalue weighted by Crippen LogP contribution is 2.33. The van der Waals surface area contributed by atoms with E-state index >= 15 is 0 Å². The molecular weight excluding hydrogens is 346 g/mol. The summed E-state index contributed by atoms with van der Waals surface area (Å²) in [5, 5.41) is 5.58. The molecule has 1 fully saturated rings. The molecule has 1 saturated heterocycles. The highest BCUT2D eigenvalue weighted by Gasteiger charge is 2.24. The molecule has 0 radical (unpaired) electrons. The zero-order valence-corrected chi connectivity index (χ0v) is 15.5. The second-order valence-corrected chi connectivity index (χ2v) is 6.19. The maximum atomic E-state index is 12.2. The van der Waals surface area contributed by atoms with Gasteiger partial charge in [-0.05, 0) is 36.2 Å². The topological polar surface area (TPSA) is 79.9 Å². The lowest BCUT2D eigenvalue weighted by molar-refractivity contribution is -0.117. The number of nitrogens with zero attached hydrogens (tertiary/aromatic N) is 1. The molecule has 1 aliphatic rings. The molecule has 142 valence electrons. The molecule has 3 rings (SSSR count). The van der Waals surface area contributed by atoms with Crippen molar-refractivity contribution in [2.75, 3.05) is 31.0 Å². The lowest BCUT2D eigenvalue weighted by Gasteiger charge is -2.19. The summed E-state index contributed by atoms with van der Waals surface area (Å²) in [6.07, 6.45) is 1.39. The average Bonchev–Trinajstić information content (AvgIpc) is 3.12. The van der Waals surface area contributed by atoms with E-state index in [-0.39, 0.29) is 11.9 Å². The number of rotatable bonds is 6. The first-order chi connectivity index (χ1) is 13.1. The van der Waals surface area contributed by atoms with Gasteiger partial charge >= 0.3 is 6.03 Å². The molecule has 3 amide bonds. The van der Waals surface area contributed by atoms with Crippen LogP contribution >= 0.6 is 0 Å². The smallest absolute Gasteiger partial charge is 0.319 e. The Kier molecular flexibility index (Phi) is 5.80. The number of hydrogen-bond acceptors (Lipinski definition) is 4. The maximum Gasteiger partial charge on any atom is 0.319 e. The zero-order valence-electron chi connectivity index (χ0n) is 15.5. The van der Waals surface area contributed by atoms with Gasteiger partial charge in [0.2, 0.25) is 5.91 Å². The Bertz CT molecular complexity index is 838. The molecule has 0 atom stereocenters. The Labute approximate surface area is 158 Å². The normalized spacial score (nSPS) is 13.4. The van der Waals surface area contributed by atoms with E-state index in [2.05, 4.69) is 10.6 Å². The molecular formula is C20H23N3O4. The summed E-state index contributed by atoms with van der Waals surface area (Å²) in [5.74, 6) is 1.38. The number of carbonyl (C=O) groups excluding carboxylic acids is 2. The van der Waals surface area contributed by atoms with Crippen LogP contribution in [-0.2, 0) is 11.3 Å². The number of anilines is 2. The molecule has 0 bridgehead atoms. The van der Waals surface area contributed by atoms with E-state index in [1.807, 2.05) is 24.3 Å². The highest BCUT2D eigenvalue weighted by molar-refractivity contribution is 5.97. The van der Waals surface area contributed by atoms with E-state index in [4.69, 9.17) is 9.47 Å². The zero-order chi connectivity index (χ0) is 19.2. The summed E-state index contributed by atoms with van der Waals surface area (Å²) in [4.78, 5) is 25.8. The van der Waals surface area contributed by atoms with Gasteiger partial charge in [-0.3, -0.25) is 4.79 Å². The van der Waals surface area contributed by atoms with Gasteiger partial charge in [-0.1, -0.05) is 12.1 Å². The molecule has 2 aromatic carbocycles. The largest absolute Gasteiger partial charge is 0.497 e. The van der Waals surface area contributed by atoms with E-state index in [0.717, 1.165) is 23.4 Å². The SMILES string of the molecule is COc1cccc(CNC(=O)Nc2ccc(N3CCCC3=O)c(OC)c2)c1. The first kappa shape index (κ1) is 18.6. The maximum absolute atomic E-state index is 12.2. The van der Waals surface area contributed by atoms with Crippen LogP contribution in [0.15, 0.2) is 42.5 Å². The quantitative estimate of drug-likeness (QED) is 0.820. The van der Waals surface area contributed by atoms with Crippen LogP contribution in [0.4, 0.5) is 16.2 Å². The van der Waals surface area contributed by atoms with Crippen LogP contribution in [-0.4, -0.2) is 32.7 Å². The molecule has 27 heavy (non-hydrogen) atoms. The minimum atomic E-state index is -0.329. The van der Waals surface area contributed by atoms with Gasteiger partial charge < -0.3 is 25.0 Å². The van der Waals surface area contributed by atoms with Crippen molar-refractivity contribution in [3.63, 3.8) is 0 Å². The van der Waals surface area contributed by atoms with Crippen molar-refractivity contribution in [2.45, 2.75) is 19.4 Å². The van der Waals surface area contributed by atoms with Crippen molar-refractivity contribution in [2.24, 2.45) is 0 Å². The standard InChI is InChI=1S/C20H23N3O4/c1-26-16-6-3-5-14(11-16)13-21-20(25)22-15-8-9-17(18(12-15)27-2)23-10-4-7-19(23)24/h3,5-6,8-9,11-12H,4,7,10,13H2,1-2H3,(H2,21,22,25). The number of amides is 3. The molecule has 1 aliphatic heterocycles. The van der Waals surface area contributed by atoms with Crippen LogP contribution < -0.4 is 25.0 Å². The molecule has 7 nitrogen and oxygen atoms in total. The number of benzene rings is 2. The molecule has 0 unspecified atom stereocenters. The number of methoxy groups -OCH3 is 2. The summed E-state index contributed by atoms with van der Waals surface area (Å²) in [7, 11) is 3.15. The average molecular weight is 369 g/mol. The van der Waals surface area contributed by atoms with Gasteiger partial charge in [0.25, 0.3) is 0 Å². The Balaban J connectivity index is 1.62. The predicted octanol–water partition coefficient (Wildman–Crippen LogP) is 3.15. The predicted molar refractivity (Wildman–Crippen MR) is 103 cm³/mol. The van der Waals surface area contributed by atoms with Crippen LogP contribution in [0.1, 0.15) is 18.4 Å². The lowest BCUT2D eigenvalue weighted by Crippen LogP contribution is -2.28. The van der Waals surface area contributed by atoms with Gasteiger partial charge in [0, 0.05) is 31.3 Å². The van der Waals surface area contributed by atoms with E-state index in [1.165, 1.54) is 0 Å². The fraction of sp³-hybridized carbons (Fsp3) is 0.300.